The van der Waals surface area contributed by atoms with Gasteiger partial charge in [0.15, 0.2) is 41.9 Å². The molecule has 0 aliphatic carbocycles. The summed E-state index contributed by atoms with van der Waals surface area (Å²) in [7, 11) is -2.48. The van der Waals surface area contributed by atoms with Gasteiger partial charge in [-0.3, -0.25) is 9.59 Å². The van der Waals surface area contributed by atoms with Crippen molar-refractivity contribution in [1.29, 1.82) is 0 Å². The fourth-order valence-corrected chi connectivity index (χ4v) is 11.3. The zero-order valence-corrected chi connectivity index (χ0v) is 47.6. The molecular weight excluding hydrogens is 1200 g/mol. The zero-order valence-electron chi connectivity index (χ0n) is 46.0. The Kier molecular flexibility index (Phi) is 18.9. The van der Waals surface area contributed by atoms with Crippen LogP contribution in [0, 0.1) is 0 Å². The first-order valence-corrected chi connectivity index (χ1v) is 28.3. The lowest BCUT2D eigenvalue weighted by Crippen LogP contribution is -2.65. The Morgan fingerprint density at radius 3 is 1.94 bits per heavy atom. The maximum absolute atomic E-state index is 14.8. The standard InChI is InChI=1S/C54H59ClN4O27S/c1-5-12-58(3)47(68)22-7-11-31(79-52-39(64)35(60)37(62)44(81-52)49(70)71)33(15-22)86-87(76,77)85-32-17-30-34(27-16-25(78-4)8-9-26(27)32)24(18-55)19-59(30)48(69)29-14-23-13-21(6-10-28(23)56-29)20(2)57-84-54-42(67)43(41(66)46(83-54)51(74)75)80-53-40(65)36(61)38(63)45(82-53)50(72)73/h6-11,13-17,24,35-46,52-54,56,60-67H,5,12,18-19H2,1-4H3,(H,70,71)(H,72,73)(H,74,75)/b57-20+/t24-,35+,36+,37+,38+,39-,40-,41+,42-,43+,44+,45+,46+,52-,53?,54+/m1/s1. The van der Waals surface area contributed by atoms with Gasteiger partial charge in [-0.15, -0.1) is 20.0 Å². The molecule has 33 heteroatoms. The van der Waals surface area contributed by atoms with Gasteiger partial charge in [-0.05, 0) is 84.5 Å². The molecule has 4 aromatic carbocycles. The van der Waals surface area contributed by atoms with Crippen LogP contribution in [-0.4, -0.2) is 235 Å². The minimum Gasteiger partial charge on any atom is -0.497 e. The molecule has 0 saturated carbocycles. The number of fused-ring (bicyclic) bond motifs is 4. The van der Waals surface area contributed by atoms with Crippen LogP contribution < -0.4 is 22.7 Å². The van der Waals surface area contributed by atoms with E-state index in [0.717, 1.165) is 12.1 Å². The molecule has 12 N–H and O–H groups in total. The number of alkyl halides is 1. The van der Waals surface area contributed by atoms with Crippen molar-refractivity contribution < 1.29 is 130 Å². The number of aliphatic hydroxyl groups excluding tert-OH is 8. The summed E-state index contributed by atoms with van der Waals surface area (Å²) in [5.74, 6) is -8.49. The Balaban J connectivity index is 0.988. The van der Waals surface area contributed by atoms with Crippen molar-refractivity contribution in [3.63, 3.8) is 0 Å². The highest BCUT2D eigenvalue weighted by Gasteiger charge is 2.55. The summed E-state index contributed by atoms with van der Waals surface area (Å²) < 4.78 is 72.0. The van der Waals surface area contributed by atoms with Crippen LogP contribution in [0.25, 0.3) is 21.7 Å². The molecule has 3 fully saturated rings. The number of rotatable bonds is 20. The average Bonchev–Trinajstić information content (AvgIpc) is 2.33. The van der Waals surface area contributed by atoms with Crippen LogP contribution in [0.15, 0.2) is 71.9 Å². The summed E-state index contributed by atoms with van der Waals surface area (Å²) in [5.41, 5.74) is 1.37. The number of nitrogens with zero attached hydrogens (tertiary/aromatic N) is 3. The van der Waals surface area contributed by atoms with E-state index < -0.39 is 155 Å². The van der Waals surface area contributed by atoms with Crippen LogP contribution >= 0.6 is 11.6 Å². The van der Waals surface area contributed by atoms with Crippen LogP contribution in [0.2, 0.25) is 0 Å². The van der Waals surface area contributed by atoms with E-state index in [-0.39, 0.29) is 47.0 Å². The smallest absolute Gasteiger partial charge is 0.497 e. The van der Waals surface area contributed by atoms with E-state index in [1.54, 1.807) is 24.3 Å². The number of amides is 2. The van der Waals surface area contributed by atoms with Crippen molar-refractivity contribution in [2.45, 2.75) is 118 Å². The molecule has 1 aromatic heterocycles. The third-order valence-corrected chi connectivity index (χ3v) is 16.0. The predicted molar refractivity (Wildman–Crippen MR) is 294 cm³/mol. The largest absolute Gasteiger partial charge is 0.501 e. The van der Waals surface area contributed by atoms with E-state index in [2.05, 4.69) is 10.1 Å². The van der Waals surface area contributed by atoms with E-state index in [9.17, 15) is 88.6 Å². The number of ether oxygens (including phenoxy) is 6. The number of aromatic amines is 1. The third kappa shape index (κ3) is 12.8. The van der Waals surface area contributed by atoms with Crippen molar-refractivity contribution >= 4 is 84.8 Å². The van der Waals surface area contributed by atoms with Gasteiger partial charge in [-0.25, -0.2) is 14.4 Å². The fraction of sp³-hybridized carbons (Fsp3) is 0.444. The molecule has 5 aromatic rings. The Hall–Kier alpha value is -7.54. The van der Waals surface area contributed by atoms with E-state index in [0.29, 0.717) is 39.6 Å². The third-order valence-electron chi connectivity index (χ3n) is 14.8. The molecule has 87 heavy (non-hydrogen) atoms. The van der Waals surface area contributed by atoms with Crippen LogP contribution in [0.1, 0.15) is 58.2 Å². The first kappa shape index (κ1) is 63.9. The molecule has 31 nitrogen and oxygen atoms in total. The molecule has 470 valence electrons. The Labute approximate surface area is 496 Å². The zero-order chi connectivity index (χ0) is 63.2. The van der Waals surface area contributed by atoms with Crippen LogP contribution in [0.5, 0.6) is 23.0 Å². The highest BCUT2D eigenvalue weighted by Crippen LogP contribution is 2.48. The predicted octanol–water partition coefficient (Wildman–Crippen LogP) is -0.683. The van der Waals surface area contributed by atoms with Gasteiger partial charge in [0.2, 0.25) is 6.29 Å². The number of oxime groups is 1. The topological polar surface area (TPSA) is 460 Å². The first-order valence-electron chi connectivity index (χ1n) is 26.5. The number of carboxylic acid groups (broad SMARTS) is 3. The number of methoxy groups -OCH3 is 1. The maximum atomic E-state index is 14.8. The van der Waals surface area contributed by atoms with Gasteiger partial charge in [0.25, 0.3) is 18.1 Å². The van der Waals surface area contributed by atoms with Crippen LogP contribution in [0.3, 0.4) is 0 Å². The molecule has 0 bridgehead atoms. The quantitative estimate of drug-likeness (QED) is 0.0261. The number of carbonyl (C=O) groups is 5. The van der Waals surface area contributed by atoms with E-state index in [4.69, 9.17) is 53.2 Å². The SMILES string of the molecule is CCCN(C)C(=O)c1ccc(O[C@@H]2O[C@H](C(=O)O)[C@@H](O)[C@H](O)[C@H]2O)c(OS(=O)(=O)Oc2cc3c(c4cc(OC)ccc24)[C@H](CCl)CN3C(=O)c2cc3cc(/C(C)=N/O[C@@H]4O[C@H](C(=O)O)[C@@H](O)[C@H](OC5O[C@H](C(=O)O)[C@@H](O)[C@H](O)[C@H]5O)[C@H]4O)ccc3[nH]2)c1. The molecule has 5 heterocycles. The summed E-state index contributed by atoms with van der Waals surface area (Å²) in [5, 5.41) is 118. The molecule has 3 saturated heterocycles. The van der Waals surface area contributed by atoms with Crippen molar-refractivity contribution in [2.24, 2.45) is 5.16 Å². The lowest BCUT2D eigenvalue weighted by atomic mass is 9.95. The molecule has 0 spiro atoms. The highest BCUT2D eigenvalue weighted by atomic mass is 35.5. The van der Waals surface area contributed by atoms with Gasteiger partial charge < -0.3 is 113 Å². The van der Waals surface area contributed by atoms with Gasteiger partial charge in [0, 0.05) is 59.9 Å². The molecule has 9 rings (SSSR count). The number of aliphatic carboxylic acids is 3. The van der Waals surface area contributed by atoms with E-state index in [1.165, 1.54) is 61.2 Å². The molecule has 2 amide bonds. The second kappa shape index (κ2) is 25.7. The van der Waals surface area contributed by atoms with Gasteiger partial charge >= 0.3 is 28.3 Å². The molecule has 1 unspecified atom stereocenters. The number of aromatic nitrogens is 1. The number of aliphatic hydroxyl groups is 8. The van der Waals surface area contributed by atoms with Gasteiger partial charge in [-0.1, -0.05) is 18.1 Å². The Morgan fingerprint density at radius 2 is 1.31 bits per heavy atom. The Bertz CT molecular complexity index is 3610. The number of carboxylic acids is 3. The van der Waals surface area contributed by atoms with Gasteiger partial charge in [-0.2, -0.15) is 0 Å². The summed E-state index contributed by atoms with van der Waals surface area (Å²) in [6.45, 7) is 3.51. The lowest BCUT2D eigenvalue weighted by Gasteiger charge is -2.44. The number of hydrogen-bond donors (Lipinski definition) is 12. The molecular formula is C54H59ClN4O27S. The summed E-state index contributed by atoms with van der Waals surface area (Å²) in [6.07, 6.45) is -31.2. The number of nitrogens with one attached hydrogen (secondary N) is 1. The number of H-pyrrole nitrogens is 1. The second-order valence-electron chi connectivity index (χ2n) is 20.6. The number of anilines is 1. The summed E-state index contributed by atoms with van der Waals surface area (Å²) >= 11 is 6.59. The number of benzene rings is 4. The van der Waals surface area contributed by atoms with Crippen molar-refractivity contribution in [3.8, 4) is 23.0 Å². The van der Waals surface area contributed by atoms with Crippen LogP contribution in [0.4, 0.5) is 5.69 Å². The minimum atomic E-state index is -5.36. The Morgan fingerprint density at radius 1 is 0.701 bits per heavy atom. The van der Waals surface area contributed by atoms with E-state index >= 15 is 0 Å². The monoisotopic (exact) mass is 1260 g/mol. The average molecular weight is 1260 g/mol. The highest BCUT2D eigenvalue weighted by molar-refractivity contribution is 7.82. The van der Waals surface area contributed by atoms with Crippen molar-refractivity contribution in [2.75, 3.05) is 38.0 Å². The fourth-order valence-electron chi connectivity index (χ4n) is 10.3. The van der Waals surface area contributed by atoms with E-state index in [1.807, 2.05) is 6.92 Å². The van der Waals surface area contributed by atoms with Gasteiger partial charge in [0.05, 0.1) is 18.5 Å². The number of halogens is 1. The first-order chi connectivity index (χ1) is 41.2. The maximum Gasteiger partial charge on any atom is 0.501 e. The molecule has 4 aliphatic heterocycles. The lowest BCUT2D eigenvalue weighted by molar-refractivity contribution is -0.352. The molecule has 0 radical (unpaired) electrons. The minimum absolute atomic E-state index is 0.0143. The van der Waals surface area contributed by atoms with Gasteiger partial charge in [0.1, 0.15) is 66.4 Å². The molecule has 16 atom stereocenters. The molecule has 4 aliphatic rings. The number of carbonyl (C=O) groups excluding carboxylic acids is 2. The second-order valence-corrected chi connectivity index (χ2v) is 22.1. The van der Waals surface area contributed by atoms with Crippen molar-refractivity contribution in [1.82, 2.24) is 9.88 Å². The van der Waals surface area contributed by atoms with Crippen molar-refractivity contribution in [3.05, 3.63) is 89.1 Å². The normalized spacial score (nSPS) is 29.3. The summed E-state index contributed by atoms with van der Waals surface area (Å²) in [6, 6.07) is 15.3. The number of hydrogen-bond acceptors (Lipinski definition) is 25. The summed E-state index contributed by atoms with van der Waals surface area (Å²) in [4.78, 5) is 75.1. The van der Waals surface area contributed by atoms with Crippen LogP contribution in [-0.2, 0) is 48.6 Å².